The molecule has 0 bridgehead atoms. The lowest BCUT2D eigenvalue weighted by Gasteiger charge is -2.55. The van der Waals surface area contributed by atoms with Gasteiger partial charge in [-0.2, -0.15) is 0 Å². The Hall–Kier alpha value is -1.30. The molecule has 3 aliphatic heterocycles. The number of methoxy groups -OCH3 is 1. The highest BCUT2D eigenvalue weighted by Crippen LogP contribution is 2.50. The van der Waals surface area contributed by atoms with Crippen LogP contribution in [0.1, 0.15) is 43.2 Å². The van der Waals surface area contributed by atoms with Gasteiger partial charge in [-0.3, -0.25) is 9.80 Å². The quantitative estimate of drug-likeness (QED) is 0.862. The minimum Gasteiger partial charge on any atom is -0.493 e. The number of ether oxygens (including phenoxy) is 2. The summed E-state index contributed by atoms with van der Waals surface area (Å²) in [6.07, 6.45) is 7.89. The van der Waals surface area contributed by atoms with Crippen molar-refractivity contribution in [2.45, 2.75) is 51.1 Å². The Kier molecular flexibility index (Phi) is 5.24. The van der Waals surface area contributed by atoms with Crippen LogP contribution < -0.4 is 14.8 Å². The molecule has 0 unspecified atom stereocenters. The average molecular weight is 386 g/mol. The molecule has 0 aromatic heterocycles. The summed E-state index contributed by atoms with van der Waals surface area (Å²) in [4.78, 5) is 5.38. The first-order chi connectivity index (χ1) is 13.7. The molecule has 3 heterocycles. The van der Waals surface area contributed by atoms with Crippen molar-refractivity contribution in [2.24, 2.45) is 5.41 Å². The lowest BCUT2D eigenvalue weighted by molar-refractivity contribution is -0.0386. The molecule has 1 aromatic rings. The Labute approximate surface area is 169 Å². The van der Waals surface area contributed by atoms with Gasteiger partial charge in [0, 0.05) is 38.8 Å². The fourth-order valence-corrected chi connectivity index (χ4v) is 5.86. The molecule has 5 heteroatoms. The number of piperidine rings is 1. The van der Waals surface area contributed by atoms with E-state index in [9.17, 15) is 0 Å². The molecule has 1 aromatic carbocycles. The lowest BCUT2D eigenvalue weighted by Crippen LogP contribution is -2.58. The molecule has 3 fully saturated rings. The summed E-state index contributed by atoms with van der Waals surface area (Å²) in [5.41, 5.74) is 3.38. The fourth-order valence-electron chi connectivity index (χ4n) is 5.86. The number of hydrogen-bond donors (Lipinski definition) is 1. The predicted molar refractivity (Wildman–Crippen MR) is 111 cm³/mol. The van der Waals surface area contributed by atoms with E-state index in [0.29, 0.717) is 5.41 Å². The van der Waals surface area contributed by atoms with Crippen molar-refractivity contribution in [3.8, 4) is 11.5 Å². The highest BCUT2D eigenvalue weighted by atomic mass is 16.5. The highest BCUT2D eigenvalue weighted by Gasteiger charge is 2.46. The van der Waals surface area contributed by atoms with Gasteiger partial charge in [-0.15, -0.1) is 0 Å². The molecule has 28 heavy (non-hydrogen) atoms. The molecular weight excluding hydrogens is 350 g/mol. The summed E-state index contributed by atoms with van der Waals surface area (Å²) in [6.45, 7) is 9.11. The van der Waals surface area contributed by atoms with Crippen molar-refractivity contribution in [1.82, 2.24) is 15.1 Å². The monoisotopic (exact) mass is 385 g/mol. The number of hydrogen-bond acceptors (Lipinski definition) is 5. The zero-order valence-electron chi connectivity index (χ0n) is 17.3. The number of piperazine rings is 1. The van der Waals surface area contributed by atoms with Crippen LogP contribution in [-0.2, 0) is 13.0 Å². The van der Waals surface area contributed by atoms with Crippen LogP contribution >= 0.6 is 0 Å². The van der Waals surface area contributed by atoms with Gasteiger partial charge in [-0.05, 0) is 74.2 Å². The summed E-state index contributed by atoms with van der Waals surface area (Å²) >= 11 is 0. The fraction of sp³-hybridized carbons (Fsp3) is 0.739. The van der Waals surface area contributed by atoms with E-state index in [1.807, 2.05) is 0 Å². The first-order valence-corrected chi connectivity index (χ1v) is 11.2. The topological polar surface area (TPSA) is 37.0 Å². The number of aryl methyl sites for hydroxylation is 1. The second-order valence-electron chi connectivity index (χ2n) is 9.36. The van der Waals surface area contributed by atoms with Crippen LogP contribution in [0.15, 0.2) is 12.1 Å². The first-order valence-electron chi connectivity index (χ1n) is 11.2. The van der Waals surface area contributed by atoms with Crippen molar-refractivity contribution in [3.63, 3.8) is 0 Å². The summed E-state index contributed by atoms with van der Waals surface area (Å²) in [5.74, 6) is 1.88. The largest absolute Gasteiger partial charge is 0.493 e. The van der Waals surface area contributed by atoms with Gasteiger partial charge in [0.25, 0.3) is 0 Å². The summed E-state index contributed by atoms with van der Waals surface area (Å²) in [7, 11) is 1.75. The lowest BCUT2D eigenvalue weighted by atomic mass is 9.60. The predicted octanol–water partition coefficient (Wildman–Crippen LogP) is 2.67. The maximum Gasteiger partial charge on any atom is 0.164 e. The van der Waals surface area contributed by atoms with E-state index in [-0.39, 0.29) is 0 Å². The molecule has 0 atom stereocenters. The number of nitrogens with zero attached hydrogens (tertiary/aromatic N) is 2. The SMILES string of the molecule is COc1cc(CN2CCN(C3CC4(CCNCC4)C3)CC2)cc2c1OCCC2. The van der Waals surface area contributed by atoms with E-state index < -0.39 is 0 Å². The van der Waals surface area contributed by atoms with Gasteiger partial charge in [-0.25, -0.2) is 0 Å². The van der Waals surface area contributed by atoms with Crippen molar-refractivity contribution >= 4 is 0 Å². The molecule has 154 valence electrons. The second-order valence-corrected chi connectivity index (χ2v) is 9.36. The number of fused-ring (bicyclic) bond motifs is 1. The van der Waals surface area contributed by atoms with Gasteiger partial charge in [-0.1, -0.05) is 6.07 Å². The number of benzene rings is 1. The second kappa shape index (κ2) is 7.85. The van der Waals surface area contributed by atoms with Gasteiger partial charge in [0.1, 0.15) is 0 Å². The Morgan fingerprint density at radius 3 is 2.68 bits per heavy atom. The van der Waals surface area contributed by atoms with Crippen LogP contribution in [0.4, 0.5) is 0 Å². The van der Waals surface area contributed by atoms with E-state index in [2.05, 4.69) is 27.2 Å². The Bertz CT molecular complexity index is 668. The molecule has 0 radical (unpaired) electrons. The van der Waals surface area contributed by atoms with Crippen molar-refractivity contribution in [2.75, 3.05) is 53.0 Å². The minimum atomic E-state index is 0.689. The van der Waals surface area contributed by atoms with Gasteiger partial charge in [0.2, 0.25) is 0 Å². The maximum atomic E-state index is 5.85. The van der Waals surface area contributed by atoms with Gasteiger partial charge < -0.3 is 14.8 Å². The Balaban J connectivity index is 1.15. The molecule has 1 spiro atoms. The van der Waals surface area contributed by atoms with E-state index in [1.54, 1.807) is 7.11 Å². The highest BCUT2D eigenvalue weighted by molar-refractivity contribution is 5.50. The summed E-state index contributed by atoms with van der Waals surface area (Å²) < 4.78 is 11.5. The summed E-state index contributed by atoms with van der Waals surface area (Å²) in [5, 5.41) is 3.52. The van der Waals surface area contributed by atoms with Gasteiger partial charge >= 0.3 is 0 Å². The van der Waals surface area contributed by atoms with Crippen LogP contribution in [0.5, 0.6) is 11.5 Å². The van der Waals surface area contributed by atoms with E-state index >= 15 is 0 Å². The molecule has 5 rings (SSSR count). The van der Waals surface area contributed by atoms with Crippen LogP contribution in [0.3, 0.4) is 0 Å². The van der Waals surface area contributed by atoms with E-state index in [1.165, 1.54) is 76.1 Å². The first kappa shape index (κ1) is 18.7. The summed E-state index contributed by atoms with van der Waals surface area (Å²) in [6, 6.07) is 5.38. The standard InChI is InChI=1S/C23H35N3O2/c1-27-21-14-18(13-19-3-2-12-28-22(19)21)17-25-8-10-26(11-9-25)20-15-23(16-20)4-6-24-7-5-23/h13-14,20,24H,2-12,15-17H2,1H3. The minimum absolute atomic E-state index is 0.689. The smallest absolute Gasteiger partial charge is 0.164 e. The zero-order chi connectivity index (χ0) is 19.0. The van der Waals surface area contributed by atoms with Crippen molar-refractivity contribution in [3.05, 3.63) is 23.3 Å². The van der Waals surface area contributed by atoms with Gasteiger partial charge in [0.05, 0.1) is 13.7 Å². The van der Waals surface area contributed by atoms with Crippen molar-refractivity contribution in [1.29, 1.82) is 0 Å². The van der Waals surface area contributed by atoms with Crippen LogP contribution in [0.25, 0.3) is 0 Å². The molecule has 2 saturated heterocycles. The van der Waals surface area contributed by atoms with E-state index in [4.69, 9.17) is 9.47 Å². The van der Waals surface area contributed by atoms with Crippen molar-refractivity contribution < 1.29 is 9.47 Å². The average Bonchev–Trinajstić information content (AvgIpc) is 2.72. The van der Waals surface area contributed by atoms with E-state index in [0.717, 1.165) is 43.5 Å². The molecule has 0 amide bonds. The normalized spacial score (nSPS) is 25.8. The molecule has 1 aliphatic carbocycles. The zero-order valence-corrected chi connectivity index (χ0v) is 17.3. The number of rotatable bonds is 4. The Morgan fingerprint density at radius 1 is 1.14 bits per heavy atom. The maximum absolute atomic E-state index is 5.85. The van der Waals surface area contributed by atoms with Crippen LogP contribution in [0.2, 0.25) is 0 Å². The van der Waals surface area contributed by atoms with Crippen LogP contribution in [-0.4, -0.2) is 68.8 Å². The third-order valence-electron chi connectivity index (χ3n) is 7.58. The molecular formula is C23H35N3O2. The molecule has 1 N–H and O–H groups in total. The Morgan fingerprint density at radius 2 is 1.93 bits per heavy atom. The van der Waals surface area contributed by atoms with Crippen LogP contribution in [0, 0.1) is 5.41 Å². The van der Waals surface area contributed by atoms with Gasteiger partial charge in [0.15, 0.2) is 11.5 Å². The molecule has 1 saturated carbocycles. The third-order valence-corrected chi connectivity index (χ3v) is 7.58. The molecule has 5 nitrogen and oxygen atoms in total. The third kappa shape index (κ3) is 3.64. The molecule has 4 aliphatic rings. The number of nitrogens with one attached hydrogen (secondary N) is 1.